The van der Waals surface area contributed by atoms with E-state index < -0.39 is 10.8 Å². The standard InChI is InChI=1S/C82H50N2O2/c1-3-21-55(22-4-1)83(73-35-19-33-71-79(73)59-25-7-9-27-65(59)81(71)67-29-11-15-37-75(67)85-76-38-16-12-30-68(76)81)57-43-41-51-47-61-62-48-52-42-44-58(46-54(52)50-64(62)63(61)49-53(51)45-57)84(56-23-5-2-6-24-56)74-36-20-34-72-80(74)60-26-8-10-28-66(60)82(72)69-31-13-17-39-77(69)86-78-40-18-14-32-70(78)82/h1-50H. The maximum absolute atomic E-state index is 6.71. The Balaban J connectivity index is 0.747. The first-order valence-corrected chi connectivity index (χ1v) is 29.7. The van der Waals surface area contributed by atoms with Crippen LogP contribution in [0.25, 0.3) is 66.1 Å². The van der Waals surface area contributed by atoms with Crippen LogP contribution in [0, 0.1) is 0 Å². The van der Waals surface area contributed by atoms with Gasteiger partial charge in [0.2, 0.25) is 0 Å². The first kappa shape index (κ1) is 47.3. The van der Waals surface area contributed by atoms with Gasteiger partial charge in [-0.25, -0.2) is 0 Å². The molecule has 2 aliphatic heterocycles. The summed E-state index contributed by atoms with van der Waals surface area (Å²) in [5.74, 6) is 3.55. The molecule has 0 atom stereocenters. The van der Waals surface area contributed by atoms with Crippen LogP contribution in [0.1, 0.15) is 44.5 Å². The summed E-state index contributed by atoms with van der Waals surface area (Å²) in [5.41, 5.74) is 25.2. The van der Waals surface area contributed by atoms with Crippen molar-refractivity contribution in [3.8, 4) is 67.5 Å². The number of hydrogen-bond donors (Lipinski definition) is 0. The van der Waals surface area contributed by atoms with Crippen molar-refractivity contribution in [1.82, 2.24) is 0 Å². The fourth-order valence-corrected chi connectivity index (χ4v) is 15.8. The molecule has 14 aromatic rings. The van der Waals surface area contributed by atoms with Crippen LogP contribution in [0.3, 0.4) is 0 Å². The second-order valence-corrected chi connectivity index (χ2v) is 23.4. The number of fused-ring (bicyclic) bond motifs is 24. The molecule has 0 bridgehead atoms. The molecule has 0 amide bonds. The van der Waals surface area contributed by atoms with Crippen molar-refractivity contribution >= 4 is 55.7 Å². The summed E-state index contributed by atoms with van der Waals surface area (Å²) in [6, 6.07) is 112. The van der Waals surface area contributed by atoms with Gasteiger partial charge in [-0.05, 0) is 186 Å². The molecule has 0 fully saturated rings. The Morgan fingerprint density at radius 1 is 0.209 bits per heavy atom. The minimum absolute atomic E-state index is 0.581. The molecule has 0 aromatic heterocycles. The number of hydrogen-bond acceptors (Lipinski definition) is 4. The van der Waals surface area contributed by atoms with E-state index in [1.54, 1.807) is 0 Å². The van der Waals surface area contributed by atoms with Crippen molar-refractivity contribution in [2.24, 2.45) is 0 Å². The van der Waals surface area contributed by atoms with Gasteiger partial charge < -0.3 is 19.3 Å². The van der Waals surface area contributed by atoms with Crippen molar-refractivity contribution < 1.29 is 9.47 Å². The third-order valence-electron chi connectivity index (χ3n) is 19.2. The van der Waals surface area contributed by atoms with Crippen LogP contribution in [-0.2, 0) is 10.8 Å². The van der Waals surface area contributed by atoms with Gasteiger partial charge in [0.15, 0.2) is 0 Å². The number of benzene rings is 14. The summed E-state index contributed by atoms with van der Waals surface area (Å²) in [4.78, 5) is 4.93. The van der Waals surface area contributed by atoms with Gasteiger partial charge in [-0.15, -0.1) is 0 Å². The molecule has 0 N–H and O–H groups in total. The van der Waals surface area contributed by atoms with Gasteiger partial charge in [-0.1, -0.05) is 194 Å². The molecule has 14 aromatic carbocycles. The Hall–Kier alpha value is -11.2. The van der Waals surface area contributed by atoms with E-state index in [-0.39, 0.29) is 0 Å². The van der Waals surface area contributed by atoms with Gasteiger partial charge in [0.05, 0.1) is 22.2 Å². The van der Waals surface area contributed by atoms with Crippen LogP contribution in [0.15, 0.2) is 303 Å². The van der Waals surface area contributed by atoms with Crippen molar-refractivity contribution in [2.45, 2.75) is 10.8 Å². The number of rotatable bonds is 6. The molecule has 5 aliphatic rings. The summed E-state index contributed by atoms with van der Waals surface area (Å²) >= 11 is 0. The largest absolute Gasteiger partial charge is 0.457 e. The molecular weight excluding hydrogens is 1040 g/mol. The van der Waals surface area contributed by atoms with Crippen molar-refractivity contribution in [1.29, 1.82) is 0 Å². The Labute approximate surface area is 498 Å². The highest BCUT2D eigenvalue weighted by Gasteiger charge is 2.53. The summed E-state index contributed by atoms with van der Waals surface area (Å²) in [5, 5.41) is 4.81. The fraction of sp³-hybridized carbons (Fsp3) is 0.0244. The molecule has 86 heavy (non-hydrogen) atoms. The molecule has 2 spiro atoms. The van der Waals surface area contributed by atoms with E-state index in [4.69, 9.17) is 9.47 Å². The molecule has 2 heterocycles. The van der Waals surface area contributed by atoms with E-state index in [1.807, 2.05) is 0 Å². The summed E-state index contributed by atoms with van der Waals surface area (Å²) in [6.45, 7) is 0. The SMILES string of the molecule is c1ccc(N(c2ccc3cc4c(cc3c2)-c2cc3cc(N(c5ccccc5)c5cccc6c5-c5ccccc5C65c6ccccc6Oc6ccccc65)ccc3cc2-4)c2cccc3c2-c2ccccc2C32c3ccccc3Oc3ccccc32)cc1. The Morgan fingerprint density at radius 3 is 0.907 bits per heavy atom. The highest BCUT2D eigenvalue weighted by Crippen LogP contribution is 2.66. The summed E-state index contributed by atoms with van der Waals surface area (Å²) < 4.78 is 13.4. The molecule has 0 saturated heterocycles. The second-order valence-electron chi connectivity index (χ2n) is 23.4. The average molecular weight is 1100 g/mol. The maximum atomic E-state index is 6.71. The molecule has 4 heteroatoms. The van der Waals surface area contributed by atoms with E-state index in [0.717, 1.165) is 79.4 Å². The predicted molar refractivity (Wildman–Crippen MR) is 350 cm³/mol. The smallest absolute Gasteiger partial charge is 0.132 e. The van der Waals surface area contributed by atoms with Crippen molar-refractivity contribution in [3.05, 3.63) is 348 Å². The molecule has 4 nitrogen and oxygen atoms in total. The number of anilines is 6. The fourth-order valence-electron chi connectivity index (χ4n) is 15.8. The monoisotopic (exact) mass is 1090 g/mol. The van der Waals surface area contributed by atoms with Crippen molar-refractivity contribution in [3.63, 3.8) is 0 Å². The topological polar surface area (TPSA) is 24.9 Å². The number of para-hydroxylation sites is 6. The Kier molecular flexibility index (Phi) is 9.72. The third kappa shape index (κ3) is 6.26. The lowest BCUT2D eigenvalue weighted by molar-refractivity contribution is 0.436. The molecule has 0 unspecified atom stereocenters. The summed E-state index contributed by atoms with van der Waals surface area (Å²) in [7, 11) is 0. The van der Waals surface area contributed by atoms with Gasteiger partial charge in [0.1, 0.15) is 23.0 Å². The van der Waals surface area contributed by atoms with Gasteiger partial charge in [-0.3, -0.25) is 0 Å². The lowest BCUT2D eigenvalue weighted by Gasteiger charge is -2.39. The van der Waals surface area contributed by atoms with Crippen molar-refractivity contribution in [2.75, 3.05) is 9.80 Å². The van der Waals surface area contributed by atoms with E-state index in [2.05, 4.69) is 313 Å². The van der Waals surface area contributed by atoms with Gasteiger partial charge in [-0.2, -0.15) is 0 Å². The zero-order valence-electron chi connectivity index (χ0n) is 46.6. The third-order valence-corrected chi connectivity index (χ3v) is 19.2. The van der Waals surface area contributed by atoms with Gasteiger partial charge in [0.25, 0.3) is 0 Å². The van der Waals surface area contributed by atoms with E-state index in [9.17, 15) is 0 Å². The molecule has 0 saturated carbocycles. The molecule has 19 rings (SSSR count). The first-order chi connectivity index (χ1) is 42.6. The minimum atomic E-state index is -0.581. The van der Waals surface area contributed by atoms with Crippen LogP contribution >= 0.6 is 0 Å². The van der Waals surface area contributed by atoms with Gasteiger partial charge >= 0.3 is 0 Å². The zero-order chi connectivity index (χ0) is 56.2. The number of ether oxygens (including phenoxy) is 2. The Morgan fingerprint density at radius 2 is 0.523 bits per heavy atom. The highest BCUT2D eigenvalue weighted by molar-refractivity contribution is 6.13. The second kappa shape index (κ2) is 17.7. The maximum Gasteiger partial charge on any atom is 0.132 e. The zero-order valence-corrected chi connectivity index (χ0v) is 46.6. The highest BCUT2D eigenvalue weighted by atomic mass is 16.5. The predicted octanol–water partition coefficient (Wildman–Crippen LogP) is 21.5. The lowest BCUT2D eigenvalue weighted by atomic mass is 9.66. The molecule has 400 valence electrons. The van der Waals surface area contributed by atoms with Crippen LogP contribution in [0.5, 0.6) is 23.0 Å². The first-order valence-electron chi connectivity index (χ1n) is 29.7. The lowest BCUT2D eigenvalue weighted by Crippen LogP contribution is -2.32. The molecule has 0 radical (unpaired) electrons. The average Bonchev–Trinajstić information content (AvgIpc) is 1.63. The quantitative estimate of drug-likeness (QED) is 0.166. The van der Waals surface area contributed by atoms with Crippen LogP contribution in [0.4, 0.5) is 34.1 Å². The summed E-state index contributed by atoms with van der Waals surface area (Å²) in [6.07, 6.45) is 0. The number of nitrogens with zero attached hydrogens (tertiary/aromatic N) is 2. The van der Waals surface area contributed by atoms with Crippen LogP contribution < -0.4 is 19.3 Å². The van der Waals surface area contributed by atoms with E-state index in [1.165, 1.54) is 88.3 Å². The minimum Gasteiger partial charge on any atom is -0.457 e. The van der Waals surface area contributed by atoms with E-state index in [0.29, 0.717) is 0 Å². The van der Waals surface area contributed by atoms with Crippen LogP contribution in [-0.4, -0.2) is 0 Å². The Bertz CT molecular complexity index is 4800. The molecular formula is C82H50N2O2. The van der Waals surface area contributed by atoms with E-state index >= 15 is 0 Å². The van der Waals surface area contributed by atoms with Gasteiger partial charge in [0, 0.05) is 56.1 Å². The molecule has 3 aliphatic carbocycles. The normalized spacial score (nSPS) is 14.0. The van der Waals surface area contributed by atoms with Crippen LogP contribution in [0.2, 0.25) is 0 Å².